The number of ether oxygens (including phenoxy) is 1. The zero-order chi connectivity index (χ0) is 23.1. The van der Waals surface area contributed by atoms with Gasteiger partial charge in [-0.25, -0.2) is 0 Å². The fourth-order valence-electron chi connectivity index (χ4n) is 2.28. The van der Waals surface area contributed by atoms with Gasteiger partial charge >= 0.3 is 5.97 Å². The molecule has 2 unspecified atom stereocenters. The monoisotopic (exact) mass is 447 g/mol. The van der Waals surface area contributed by atoms with Gasteiger partial charge in [0.05, 0.1) is 12.3 Å². The maximum atomic E-state index is 12.4. The van der Waals surface area contributed by atoms with Gasteiger partial charge in [0.1, 0.15) is 23.8 Å². The number of carbonyl (C=O) groups excluding carboxylic acids is 4. The Labute approximate surface area is 181 Å². The minimum Gasteiger partial charge on any atom is -0.480 e. The maximum Gasteiger partial charge on any atom is 0.322 e. The lowest BCUT2D eigenvalue weighted by Gasteiger charge is -2.19. The first-order valence-electron chi connectivity index (χ1n) is 9.88. The maximum absolute atomic E-state index is 12.4. The third-order valence-corrected chi connectivity index (χ3v) is 4.96. The molecule has 172 valence electrons. The van der Waals surface area contributed by atoms with E-state index in [-0.39, 0.29) is 41.6 Å². The van der Waals surface area contributed by atoms with Crippen molar-refractivity contribution in [3.63, 3.8) is 0 Å². The fraction of sp³-hybridized carbons (Fsp3) is 0.737. The van der Waals surface area contributed by atoms with Crippen LogP contribution in [0.5, 0.6) is 0 Å². The predicted molar refractivity (Wildman–Crippen MR) is 113 cm³/mol. The van der Waals surface area contributed by atoms with Crippen LogP contribution in [0.4, 0.5) is 0 Å². The second-order valence-corrected chi connectivity index (χ2v) is 8.14. The van der Waals surface area contributed by atoms with Crippen molar-refractivity contribution in [3.8, 4) is 0 Å². The summed E-state index contributed by atoms with van der Waals surface area (Å²) >= 11 is 1.28. The normalized spacial score (nSPS) is 12.7. The Kier molecular flexibility index (Phi) is 14.5. The number of aliphatic carboxylic acids is 1. The number of ketones is 1. The summed E-state index contributed by atoms with van der Waals surface area (Å²) in [5.41, 5.74) is -0.172. The first kappa shape index (κ1) is 27.9. The molecule has 0 saturated carbocycles. The molecule has 0 heterocycles. The Hall–Kier alpha value is -2.14. The van der Waals surface area contributed by atoms with E-state index in [1.807, 2.05) is 13.8 Å². The van der Waals surface area contributed by atoms with Crippen molar-refractivity contribution in [1.29, 1.82) is 0 Å². The Morgan fingerprint density at radius 3 is 2.23 bits per heavy atom. The van der Waals surface area contributed by atoms with Crippen LogP contribution in [0.2, 0.25) is 0 Å². The van der Waals surface area contributed by atoms with E-state index in [4.69, 9.17) is 9.84 Å². The lowest BCUT2D eigenvalue weighted by molar-refractivity contribution is -0.138. The van der Waals surface area contributed by atoms with Gasteiger partial charge in [0, 0.05) is 18.9 Å². The van der Waals surface area contributed by atoms with Gasteiger partial charge in [-0.2, -0.15) is 0 Å². The molecule has 2 atom stereocenters. The Bertz CT molecular complexity index is 599. The van der Waals surface area contributed by atoms with E-state index in [1.165, 1.54) is 11.8 Å². The molecule has 0 aliphatic rings. The van der Waals surface area contributed by atoms with E-state index >= 15 is 0 Å². The number of hydrogen-bond acceptors (Lipinski definition) is 7. The molecule has 0 aliphatic heterocycles. The lowest BCUT2D eigenvalue weighted by Crippen LogP contribution is -2.49. The number of amides is 3. The van der Waals surface area contributed by atoms with Crippen molar-refractivity contribution >= 4 is 41.2 Å². The van der Waals surface area contributed by atoms with Gasteiger partial charge in [-0.1, -0.05) is 13.8 Å². The van der Waals surface area contributed by atoms with Gasteiger partial charge in [0.2, 0.25) is 17.7 Å². The minimum atomic E-state index is -1.20. The summed E-state index contributed by atoms with van der Waals surface area (Å²) in [6.45, 7) is 6.80. The van der Waals surface area contributed by atoms with Gasteiger partial charge in [-0.05, 0) is 26.7 Å². The second kappa shape index (κ2) is 15.7. The Balaban J connectivity index is 4.73. The molecule has 3 amide bonds. The van der Waals surface area contributed by atoms with E-state index in [0.717, 1.165) is 0 Å². The number of nitrogens with one attached hydrogen (secondary N) is 3. The van der Waals surface area contributed by atoms with Crippen LogP contribution in [-0.2, 0) is 28.7 Å². The summed E-state index contributed by atoms with van der Waals surface area (Å²) in [5, 5.41) is 15.7. The molecule has 0 aliphatic carbocycles. The van der Waals surface area contributed by atoms with Gasteiger partial charge < -0.3 is 25.8 Å². The molecule has 0 bridgehead atoms. The van der Waals surface area contributed by atoms with Gasteiger partial charge in [0.25, 0.3) is 0 Å². The highest BCUT2D eigenvalue weighted by Gasteiger charge is 2.22. The van der Waals surface area contributed by atoms with Crippen LogP contribution in [0.1, 0.15) is 47.0 Å². The standard InChI is InChI=1S/C19H33N3O7S/c1-5-29-13(4)30-11-17(25)22-14(7-6-8-15(23)12(2)3)19(28)21-9-16(24)20-10-18(26)27/h12-14H,5-11H2,1-4H3,(H,20,24)(H,21,28)(H,22,25)(H,26,27). The number of hydrogen-bond donors (Lipinski definition) is 4. The third-order valence-electron chi connectivity index (χ3n) is 3.92. The van der Waals surface area contributed by atoms with Crippen LogP contribution in [0.3, 0.4) is 0 Å². The molecule has 0 rings (SSSR count). The van der Waals surface area contributed by atoms with Crippen molar-refractivity contribution < 1.29 is 33.8 Å². The molecule has 0 aromatic carbocycles. The van der Waals surface area contributed by atoms with Crippen LogP contribution in [-0.4, -0.2) is 71.5 Å². The highest BCUT2D eigenvalue weighted by Crippen LogP contribution is 2.12. The molecule has 0 aromatic rings. The molecule has 0 aromatic heterocycles. The molecule has 0 saturated heterocycles. The number of carboxylic acid groups (broad SMARTS) is 1. The first-order valence-corrected chi connectivity index (χ1v) is 10.9. The van der Waals surface area contributed by atoms with Crippen LogP contribution in [0.25, 0.3) is 0 Å². The van der Waals surface area contributed by atoms with Crippen molar-refractivity contribution in [1.82, 2.24) is 16.0 Å². The highest BCUT2D eigenvalue weighted by molar-refractivity contribution is 8.00. The summed E-state index contributed by atoms with van der Waals surface area (Å²) in [7, 11) is 0. The largest absolute Gasteiger partial charge is 0.480 e. The topological polar surface area (TPSA) is 151 Å². The molecule has 11 heteroatoms. The third kappa shape index (κ3) is 13.9. The van der Waals surface area contributed by atoms with E-state index in [1.54, 1.807) is 13.8 Å². The van der Waals surface area contributed by atoms with Gasteiger partial charge in [-0.15, -0.1) is 11.8 Å². The number of Topliss-reactive ketones (excluding diaryl/α,β-unsaturated/α-hetero) is 1. The molecule has 4 N–H and O–H groups in total. The van der Waals surface area contributed by atoms with Gasteiger partial charge in [-0.3, -0.25) is 24.0 Å². The summed E-state index contributed by atoms with van der Waals surface area (Å²) in [4.78, 5) is 58.5. The molecule has 30 heavy (non-hydrogen) atoms. The van der Waals surface area contributed by atoms with E-state index in [9.17, 15) is 24.0 Å². The SMILES string of the molecule is CCOC(C)SCC(=O)NC(CCCC(=O)C(C)C)C(=O)NCC(=O)NCC(=O)O. The summed E-state index contributed by atoms with van der Waals surface area (Å²) in [6.07, 6.45) is 0.925. The average molecular weight is 448 g/mol. The van der Waals surface area contributed by atoms with Crippen molar-refractivity contribution in [2.75, 3.05) is 25.4 Å². The van der Waals surface area contributed by atoms with Crippen molar-refractivity contribution in [2.24, 2.45) is 5.92 Å². The zero-order valence-corrected chi connectivity index (χ0v) is 18.8. The molecular formula is C19H33N3O7S. The van der Waals surface area contributed by atoms with Crippen LogP contribution >= 0.6 is 11.8 Å². The quantitative estimate of drug-likeness (QED) is 0.247. The molecule has 0 fully saturated rings. The Morgan fingerprint density at radius 2 is 1.67 bits per heavy atom. The molecule has 10 nitrogen and oxygen atoms in total. The highest BCUT2D eigenvalue weighted by atomic mass is 32.2. The predicted octanol–water partition coefficient (Wildman–Crippen LogP) is 0.299. The number of carbonyl (C=O) groups is 5. The van der Waals surface area contributed by atoms with E-state index in [2.05, 4.69) is 16.0 Å². The number of carboxylic acids is 1. The van der Waals surface area contributed by atoms with E-state index in [0.29, 0.717) is 13.0 Å². The Morgan fingerprint density at radius 1 is 1.00 bits per heavy atom. The molecule has 0 spiro atoms. The molecule has 0 radical (unpaired) electrons. The first-order chi connectivity index (χ1) is 14.1. The number of thioether (sulfide) groups is 1. The van der Waals surface area contributed by atoms with Gasteiger partial charge in [0.15, 0.2) is 0 Å². The summed E-state index contributed by atoms with van der Waals surface area (Å²) < 4.78 is 5.34. The lowest BCUT2D eigenvalue weighted by atomic mass is 10.0. The van der Waals surface area contributed by atoms with Crippen molar-refractivity contribution in [2.45, 2.75) is 58.4 Å². The average Bonchev–Trinajstić information content (AvgIpc) is 2.68. The van der Waals surface area contributed by atoms with Crippen LogP contribution in [0.15, 0.2) is 0 Å². The van der Waals surface area contributed by atoms with E-state index < -0.39 is 36.9 Å². The van der Waals surface area contributed by atoms with Crippen LogP contribution in [0, 0.1) is 5.92 Å². The number of rotatable bonds is 16. The van der Waals surface area contributed by atoms with Crippen LogP contribution < -0.4 is 16.0 Å². The summed E-state index contributed by atoms with van der Waals surface area (Å²) in [6, 6.07) is -0.910. The molecular weight excluding hydrogens is 414 g/mol. The fourth-order valence-corrected chi connectivity index (χ4v) is 2.98. The smallest absolute Gasteiger partial charge is 0.322 e. The minimum absolute atomic E-state index is 0.0645. The second-order valence-electron chi connectivity index (χ2n) is 6.86. The van der Waals surface area contributed by atoms with Crippen molar-refractivity contribution in [3.05, 3.63) is 0 Å². The zero-order valence-electron chi connectivity index (χ0n) is 18.0. The summed E-state index contributed by atoms with van der Waals surface area (Å²) in [5.74, 6) is -2.75.